The Labute approximate surface area is 91.5 Å². The molecule has 1 rings (SSSR count). The number of hydrogen-bond acceptors (Lipinski definition) is 2. The molecule has 0 bridgehead atoms. The largest absolute Gasteiger partial charge is 0.329 e. The van der Waals surface area contributed by atoms with E-state index in [0.717, 1.165) is 19.4 Å². The van der Waals surface area contributed by atoms with Crippen LogP contribution >= 0.6 is 0 Å². The van der Waals surface area contributed by atoms with E-state index in [0.29, 0.717) is 18.2 Å². The maximum atomic E-state index is 11.9. The maximum Gasteiger partial charge on any atom is 0.198 e. The monoisotopic (exact) mass is 208 g/mol. The Bertz CT molecular complexity index is 317. The van der Waals surface area contributed by atoms with E-state index < -0.39 is 0 Å². The van der Waals surface area contributed by atoms with Crippen LogP contribution in [0.3, 0.4) is 0 Å². The molecular formula is C12H20N2O. The molecule has 0 saturated heterocycles. The summed E-state index contributed by atoms with van der Waals surface area (Å²) in [7, 11) is 0. The highest BCUT2D eigenvalue weighted by Gasteiger charge is 2.14. The summed E-state index contributed by atoms with van der Waals surface area (Å²) in [6, 6.07) is 0. The van der Waals surface area contributed by atoms with E-state index in [1.165, 1.54) is 0 Å². The fraction of sp³-hybridized carbons (Fsp3) is 0.667. The van der Waals surface area contributed by atoms with E-state index in [1.54, 1.807) is 6.20 Å². The second-order valence-electron chi connectivity index (χ2n) is 4.08. The molecule has 0 saturated carbocycles. The van der Waals surface area contributed by atoms with Gasteiger partial charge in [-0.25, -0.2) is 4.98 Å². The molecule has 0 amide bonds. The van der Waals surface area contributed by atoms with Crippen molar-refractivity contribution in [3.63, 3.8) is 0 Å². The summed E-state index contributed by atoms with van der Waals surface area (Å²) < 4.78 is 1.95. The predicted molar refractivity (Wildman–Crippen MR) is 60.9 cm³/mol. The minimum atomic E-state index is 0.169. The second kappa shape index (κ2) is 5.69. The van der Waals surface area contributed by atoms with E-state index >= 15 is 0 Å². The summed E-state index contributed by atoms with van der Waals surface area (Å²) in [5.74, 6) is 1.24. The first kappa shape index (κ1) is 12.0. The highest BCUT2D eigenvalue weighted by molar-refractivity contribution is 5.92. The Kier molecular flexibility index (Phi) is 4.53. The lowest BCUT2D eigenvalue weighted by Crippen LogP contribution is -2.12. The fourth-order valence-corrected chi connectivity index (χ4v) is 1.53. The summed E-state index contributed by atoms with van der Waals surface area (Å²) in [4.78, 5) is 16.0. The van der Waals surface area contributed by atoms with E-state index in [-0.39, 0.29) is 5.78 Å². The predicted octanol–water partition coefficient (Wildman–Crippen LogP) is 2.91. The Morgan fingerprint density at radius 3 is 2.87 bits per heavy atom. The van der Waals surface area contributed by atoms with Crippen LogP contribution in [0, 0.1) is 5.92 Å². The van der Waals surface area contributed by atoms with Crippen molar-refractivity contribution in [3.8, 4) is 0 Å². The molecule has 0 aliphatic carbocycles. The highest BCUT2D eigenvalue weighted by atomic mass is 16.1. The van der Waals surface area contributed by atoms with Gasteiger partial charge in [0.15, 0.2) is 11.6 Å². The van der Waals surface area contributed by atoms with Crippen molar-refractivity contribution in [1.29, 1.82) is 0 Å². The van der Waals surface area contributed by atoms with Gasteiger partial charge in [-0.15, -0.1) is 0 Å². The van der Waals surface area contributed by atoms with Gasteiger partial charge in [-0.05, 0) is 12.3 Å². The second-order valence-corrected chi connectivity index (χ2v) is 4.08. The van der Waals surface area contributed by atoms with Gasteiger partial charge in [0, 0.05) is 25.4 Å². The number of carbonyl (C=O) groups is 1. The van der Waals surface area contributed by atoms with Crippen molar-refractivity contribution >= 4 is 5.78 Å². The van der Waals surface area contributed by atoms with Crippen LogP contribution in [0.15, 0.2) is 12.4 Å². The number of ketones is 1. The first-order chi connectivity index (χ1) is 7.19. The molecule has 1 heterocycles. The average molecular weight is 208 g/mol. The summed E-state index contributed by atoms with van der Waals surface area (Å²) in [5, 5.41) is 0. The Balaban J connectivity index is 2.68. The van der Waals surface area contributed by atoms with Crippen LogP contribution in [0.1, 0.15) is 50.7 Å². The van der Waals surface area contributed by atoms with Crippen LogP contribution in [0.2, 0.25) is 0 Å². The quantitative estimate of drug-likeness (QED) is 0.674. The minimum absolute atomic E-state index is 0.169. The molecule has 0 fully saturated rings. The lowest BCUT2D eigenvalue weighted by atomic mass is 10.0. The standard InChI is InChI=1S/C12H20N2O/c1-4-7-14-8-6-13-12(14)11(15)9-10(3)5-2/h6,8,10H,4-5,7,9H2,1-3H3. The topological polar surface area (TPSA) is 34.9 Å². The molecule has 3 nitrogen and oxygen atoms in total. The van der Waals surface area contributed by atoms with Gasteiger partial charge in [-0.1, -0.05) is 27.2 Å². The van der Waals surface area contributed by atoms with Gasteiger partial charge in [-0.3, -0.25) is 4.79 Å². The van der Waals surface area contributed by atoms with E-state index in [9.17, 15) is 4.79 Å². The van der Waals surface area contributed by atoms with Gasteiger partial charge in [-0.2, -0.15) is 0 Å². The Morgan fingerprint density at radius 2 is 2.27 bits per heavy atom. The first-order valence-corrected chi connectivity index (χ1v) is 5.73. The number of imidazole rings is 1. The molecule has 0 spiro atoms. The Morgan fingerprint density at radius 1 is 1.53 bits per heavy atom. The van der Waals surface area contributed by atoms with Gasteiger partial charge in [0.25, 0.3) is 0 Å². The van der Waals surface area contributed by atoms with Crippen LogP contribution < -0.4 is 0 Å². The zero-order valence-electron chi connectivity index (χ0n) is 9.86. The van der Waals surface area contributed by atoms with Crippen LogP contribution in [-0.2, 0) is 6.54 Å². The SMILES string of the molecule is CCCn1ccnc1C(=O)CC(C)CC. The van der Waals surface area contributed by atoms with E-state index in [1.807, 2.05) is 10.8 Å². The summed E-state index contributed by atoms with van der Waals surface area (Å²) in [6.45, 7) is 7.19. The van der Waals surface area contributed by atoms with Crippen molar-refractivity contribution in [2.75, 3.05) is 0 Å². The molecule has 0 radical (unpaired) electrons. The number of aromatic nitrogens is 2. The zero-order chi connectivity index (χ0) is 11.3. The minimum Gasteiger partial charge on any atom is -0.329 e. The number of Topliss-reactive ketones (excluding diaryl/α,β-unsaturated/α-hetero) is 1. The molecular weight excluding hydrogens is 188 g/mol. The molecule has 0 aliphatic heterocycles. The lowest BCUT2D eigenvalue weighted by Gasteiger charge is -2.08. The van der Waals surface area contributed by atoms with Gasteiger partial charge >= 0.3 is 0 Å². The van der Waals surface area contributed by atoms with E-state index in [2.05, 4.69) is 25.8 Å². The molecule has 0 aliphatic rings. The Hall–Kier alpha value is -1.12. The summed E-state index contributed by atoms with van der Waals surface area (Å²) >= 11 is 0. The molecule has 1 atom stereocenters. The summed E-state index contributed by atoms with van der Waals surface area (Å²) in [5.41, 5.74) is 0. The van der Waals surface area contributed by atoms with Crippen LogP contribution in [0.25, 0.3) is 0 Å². The van der Waals surface area contributed by atoms with Gasteiger partial charge in [0.2, 0.25) is 0 Å². The van der Waals surface area contributed by atoms with Gasteiger partial charge in [0.05, 0.1) is 0 Å². The fourth-order valence-electron chi connectivity index (χ4n) is 1.53. The number of hydrogen-bond donors (Lipinski definition) is 0. The zero-order valence-corrected chi connectivity index (χ0v) is 9.86. The van der Waals surface area contributed by atoms with Crippen LogP contribution in [0.4, 0.5) is 0 Å². The molecule has 84 valence electrons. The highest BCUT2D eigenvalue weighted by Crippen LogP contribution is 2.11. The maximum absolute atomic E-state index is 11.9. The third-order valence-electron chi connectivity index (χ3n) is 2.66. The van der Waals surface area contributed by atoms with E-state index in [4.69, 9.17) is 0 Å². The molecule has 0 aromatic carbocycles. The average Bonchev–Trinajstić information content (AvgIpc) is 2.66. The number of nitrogens with zero attached hydrogens (tertiary/aromatic N) is 2. The van der Waals surface area contributed by atoms with Crippen molar-refractivity contribution in [2.24, 2.45) is 5.92 Å². The van der Waals surface area contributed by atoms with Crippen molar-refractivity contribution in [2.45, 2.75) is 46.6 Å². The lowest BCUT2D eigenvalue weighted by molar-refractivity contribution is 0.0949. The molecule has 1 aromatic rings. The van der Waals surface area contributed by atoms with Crippen molar-refractivity contribution in [3.05, 3.63) is 18.2 Å². The van der Waals surface area contributed by atoms with Crippen LogP contribution in [-0.4, -0.2) is 15.3 Å². The molecule has 15 heavy (non-hydrogen) atoms. The normalized spacial score (nSPS) is 12.7. The third kappa shape index (κ3) is 3.18. The van der Waals surface area contributed by atoms with Crippen molar-refractivity contribution in [1.82, 2.24) is 9.55 Å². The number of aryl methyl sites for hydroxylation is 1. The number of carbonyl (C=O) groups excluding carboxylic acids is 1. The van der Waals surface area contributed by atoms with Crippen LogP contribution in [0.5, 0.6) is 0 Å². The third-order valence-corrected chi connectivity index (χ3v) is 2.66. The first-order valence-electron chi connectivity index (χ1n) is 5.73. The molecule has 0 N–H and O–H groups in total. The van der Waals surface area contributed by atoms with Gasteiger partial charge < -0.3 is 4.57 Å². The summed E-state index contributed by atoms with van der Waals surface area (Å²) in [6.07, 6.45) is 6.27. The molecule has 3 heteroatoms. The van der Waals surface area contributed by atoms with Crippen molar-refractivity contribution < 1.29 is 4.79 Å². The molecule has 1 aromatic heterocycles. The smallest absolute Gasteiger partial charge is 0.198 e. The number of rotatable bonds is 6. The van der Waals surface area contributed by atoms with Gasteiger partial charge in [0.1, 0.15) is 0 Å². The molecule has 1 unspecified atom stereocenters.